The zero-order valence-electron chi connectivity index (χ0n) is 23.5. The normalized spacial score (nSPS) is 14.4. The predicted molar refractivity (Wildman–Crippen MR) is 168 cm³/mol. The summed E-state index contributed by atoms with van der Waals surface area (Å²) in [4.78, 5) is 22.5. The van der Waals surface area contributed by atoms with Crippen LogP contribution in [-0.2, 0) is 16.4 Å². The minimum Gasteiger partial charge on any atom is -0.486 e. The van der Waals surface area contributed by atoms with E-state index in [9.17, 15) is 13.2 Å². The standard InChI is InChI=1S/C30H32N4O5S2.ClH/c1-32(2)14-6-15-33(30-31-24-19-26-27(20-28(24)40-30)39-18-17-38-26)29(35)22-10-12-23(13-11-22)41(36,37)34-16-5-8-21-7-3-4-9-25(21)34;/h3-4,7,9-13,19-20H,5-6,8,14-18H2,1-2H3;1H. The summed E-state index contributed by atoms with van der Waals surface area (Å²) in [6, 6.07) is 17.6. The number of carbonyl (C=O) groups is 1. The summed E-state index contributed by atoms with van der Waals surface area (Å²) >= 11 is 1.42. The van der Waals surface area contributed by atoms with Crippen LogP contribution < -0.4 is 18.7 Å². The summed E-state index contributed by atoms with van der Waals surface area (Å²) in [6.45, 7) is 2.68. The minimum absolute atomic E-state index is 0. The second kappa shape index (κ2) is 12.5. The summed E-state index contributed by atoms with van der Waals surface area (Å²) in [5, 5.41) is 0.577. The second-order valence-electron chi connectivity index (χ2n) is 10.4. The number of benzene rings is 3. The fourth-order valence-corrected chi connectivity index (χ4v) is 7.74. The van der Waals surface area contributed by atoms with Crippen molar-refractivity contribution >= 4 is 60.7 Å². The molecule has 42 heavy (non-hydrogen) atoms. The van der Waals surface area contributed by atoms with Gasteiger partial charge in [0.05, 0.1) is 20.8 Å². The first-order valence-electron chi connectivity index (χ1n) is 13.7. The number of hydrogen-bond acceptors (Lipinski definition) is 8. The molecule has 0 unspecified atom stereocenters. The Kier molecular flexibility index (Phi) is 8.93. The molecule has 0 fully saturated rings. The van der Waals surface area contributed by atoms with Crippen molar-refractivity contribution in [2.24, 2.45) is 0 Å². The number of rotatable bonds is 8. The summed E-state index contributed by atoms with van der Waals surface area (Å²) < 4.78 is 41.0. The van der Waals surface area contributed by atoms with Crippen LogP contribution in [0.3, 0.4) is 0 Å². The second-order valence-corrected chi connectivity index (χ2v) is 13.3. The molecule has 0 saturated heterocycles. The van der Waals surface area contributed by atoms with Gasteiger partial charge in [-0.2, -0.15) is 0 Å². The molecule has 0 bridgehead atoms. The number of aryl methyl sites for hydroxylation is 1. The number of halogens is 1. The fourth-order valence-electron chi connectivity index (χ4n) is 5.20. The number of fused-ring (bicyclic) bond motifs is 3. The zero-order chi connectivity index (χ0) is 28.6. The van der Waals surface area contributed by atoms with Gasteiger partial charge in [-0.1, -0.05) is 29.5 Å². The number of amides is 1. The molecule has 9 nitrogen and oxygen atoms in total. The summed E-state index contributed by atoms with van der Waals surface area (Å²) in [6.07, 6.45) is 2.37. The first kappa shape index (κ1) is 30.1. The van der Waals surface area contributed by atoms with E-state index in [-0.39, 0.29) is 23.2 Å². The molecule has 1 amide bonds. The van der Waals surface area contributed by atoms with Crippen LogP contribution in [0.5, 0.6) is 11.5 Å². The molecule has 6 rings (SSSR count). The SMILES string of the molecule is CN(C)CCCN(C(=O)c1ccc(S(=O)(=O)N2CCCc3ccccc32)cc1)c1nc2cc3c(cc2s1)OCCO3.Cl. The molecule has 0 aliphatic carbocycles. The van der Waals surface area contributed by atoms with Crippen molar-refractivity contribution in [1.82, 2.24) is 9.88 Å². The van der Waals surface area contributed by atoms with Gasteiger partial charge in [0.15, 0.2) is 16.6 Å². The molecular formula is C30H33ClN4O5S2. The molecule has 0 spiro atoms. The Balaban J connectivity index is 0.00000353. The van der Waals surface area contributed by atoms with Crippen molar-refractivity contribution in [2.75, 3.05) is 56.1 Å². The number of hydrogen-bond donors (Lipinski definition) is 0. The van der Waals surface area contributed by atoms with Crippen molar-refractivity contribution < 1.29 is 22.7 Å². The molecule has 0 radical (unpaired) electrons. The van der Waals surface area contributed by atoms with E-state index in [0.29, 0.717) is 48.5 Å². The van der Waals surface area contributed by atoms with Gasteiger partial charge in [-0.3, -0.25) is 14.0 Å². The Morgan fingerprint density at radius 1 is 1.00 bits per heavy atom. The van der Waals surface area contributed by atoms with E-state index < -0.39 is 10.0 Å². The fraction of sp³-hybridized carbons (Fsp3) is 0.333. The highest BCUT2D eigenvalue weighted by Gasteiger charge is 2.30. The van der Waals surface area contributed by atoms with E-state index in [1.165, 1.54) is 27.8 Å². The number of ether oxygens (including phenoxy) is 2. The molecule has 2 aliphatic heterocycles. The summed E-state index contributed by atoms with van der Waals surface area (Å²) in [7, 11) is 0.218. The van der Waals surface area contributed by atoms with Gasteiger partial charge < -0.3 is 14.4 Å². The van der Waals surface area contributed by atoms with E-state index in [2.05, 4.69) is 4.90 Å². The van der Waals surface area contributed by atoms with Crippen LogP contribution in [-0.4, -0.2) is 71.2 Å². The first-order chi connectivity index (χ1) is 19.8. The molecule has 222 valence electrons. The average molecular weight is 629 g/mol. The number of sulfonamides is 1. The highest BCUT2D eigenvalue weighted by atomic mass is 35.5. The Bertz CT molecular complexity index is 1650. The molecule has 0 N–H and O–H groups in total. The van der Waals surface area contributed by atoms with Crippen LogP contribution in [0.25, 0.3) is 10.2 Å². The third-order valence-electron chi connectivity index (χ3n) is 7.26. The average Bonchev–Trinajstić information content (AvgIpc) is 3.39. The van der Waals surface area contributed by atoms with Gasteiger partial charge in [0.1, 0.15) is 13.2 Å². The predicted octanol–water partition coefficient (Wildman–Crippen LogP) is 5.23. The number of aromatic nitrogens is 1. The monoisotopic (exact) mass is 628 g/mol. The quantitative estimate of drug-likeness (QED) is 0.264. The summed E-state index contributed by atoms with van der Waals surface area (Å²) in [5.74, 6) is 1.10. The maximum Gasteiger partial charge on any atom is 0.264 e. The van der Waals surface area contributed by atoms with Crippen LogP contribution in [0.2, 0.25) is 0 Å². The van der Waals surface area contributed by atoms with E-state index in [1.807, 2.05) is 50.5 Å². The van der Waals surface area contributed by atoms with E-state index in [0.717, 1.165) is 47.3 Å². The minimum atomic E-state index is -3.77. The molecular weight excluding hydrogens is 596 g/mol. The maximum atomic E-state index is 13.9. The van der Waals surface area contributed by atoms with Gasteiger partial charge in [0.2, 0.25) is 0 Å². The molecule has 0 atom stereocenters. The Hall–Kier alpha value is -3.38. The van der Waals surface area contributed by atoms with E-state index in [1.54, 1.807) is 17.0 Å². The van der Waals surface area contributed by atoms with Gasteiger partial charge >= 0.3 is 0 Å². The lowest BCUT2D eigenvalue weighted by atomic mass is 10.0. The van der Waals surface area contributed by atoms with Gasteiger partial charge in [-0.15, -0.1) is 12.4 Å². The summed E-state index contributed by atoms with van der Waals surface area (Å²) in [5.41, 5.74) is 2.89. The number of thiazole rings is 1. The molecule has 3 heterocycles. The lowest BCUT2D eigenvalue weighted by Gasteiger charge is -2.30. The third-order valence-corrected chi connectivity index (χ3v) is 10.1. The van der Waals surface area contributed by atoms with Crippen molar-refractivity contribution in [3.63, 3.8) is 0 Å². The highest BCUT2D eigenvalue weighted by Crippen LogP contribution is 2.39. The van der Waals surface area contributed by atoms with Gasteiger partial charge in [-0.05, 0) is 75.8 Å². The van der Waals surface area contributed by atoms with Gasteiger partial charge in [0.25, 0.3) is 15.9 Å². The van der Waals surface area contributed by atoms with E-state index in [4.69, 9.17) is 14.5 Å². The molecule has 0 saturated carbocycles. The van der Waals surface area contributed by atoms with E-state index >= 15 is 0 Å². The largest absolute Gasteiger partial charge is 0.486 e. The molecule has 4 aromatic rings. The third kappa shape index (κ3) is 5.92. The molecule has 1 aromatic heterocycles. The lowest BCUT2D eigenvalue weighted by Crippen LogP contribution is -2.35. The van der Waals surface area contributed by atoms with Crippen LogP contribution in [0.15, 0.2) is 65.6 Å². The number of carbonyl (C=O) groups excluding carboxylic acids is 1. The van der Waals surface area contributed by atoms with Crippen molar-refractivity contribution in [3.8, 4) is 11.5 Å². The smallest absolute Gasteiger partial charge is 0.264 e. The zero-order valence-corrected chi connectivity index (χ0v) is 25.9. The topological polar surface area (TPSA) is 92.3 Å². The molecule has 3 aromatic carbocycles. The van der Waals surface area contributed by atoms with Crippen LogP contribution in [0, 0.1) is 0 Å². The van der Waals surface area contributed by atoms with Crippen molar-refractivity contribution in [3.05, 3.63) is 71.8 Å². The number of para-hydroxylation sites is 1. The maximum absolute atomic E-state index is 13.9. The van der Waals surface area contributed by atoms with Crippen molar-refractivity contribution in [1.29, 1.82) is 0 Å². The highest BCUT2D eigenvalue weighted by molar-refractivity contribution is 7.92. The molecule has 2 aliphatic rings. The van der Waals surface area contributed by atoms with Crippen LogP contribution in [0.4, 0.5) is 10.8 Å². The van der Waals surface area contributed by atoms with Gasteiger partial charge in [0, 0.05) is 30.8 Å². The Morgan fingerprint density at radius 3 is 2.45 bits per heavy atom. The Labute approximate surface area is 256 Å². The van der Waals surface area contributed by atoms with Gasteiger partial charge in [-0.25, -0.2) is 13.4 Å². The number of nitrogens with zero attached hydrogens (tertiary/aromatic N) is 4. The van der Waals surface area contributed by atoms with Crippen molar-refractivity contribution in [2.45, 2.75) is 24.2 Å². The molecule has 12 heteroatoms. The van der Waals surface area contributed by atoms with Crippen LogP contribution >= 0.6 is 23.7 Å². The lowest BCUT2D eigenvalue weighted by molar-refractivity contribution is 0.0986. The van der Waals surface area contributed by atoms with Crippen LogP contribution in [0.1, 0.15) is 28.8 Å². The first-order valence-corrected chi connectivity index (χ1v) is 15.9. The number of anilines is 2. The Morgan fingerprint density at radius 2 is 1.71 bits per heavy atom.